The van der Waals surface area contributed by atoms with Gasteiger partial charge in [-0.05, 0) is 18.2 Å². The summed E-state index contributed by atoms with van der Waals surface area (Å²) in [6.07, 6.45) is -4.92. The molecule has 0 amide bonds. The highest BCUT2D eigenvalue weighted by molar-refractivity contribution is 9.10. The molecule has 0 radical (unpaired) electrons. The number of nitrogens with one attached hydrogen (secondary N) is 1. The molecule has 1 N–H and O–H groups in total. The molecule has 9 heteroatoms. The first-order valence-corrected chi connectivity index (χ1v) is 5.87. The van der Waals surface area contributed by atoms with Gasteiger partial charge in [0.15, 0.2) is 11.3 Å². The summed E-state index contributed by atoms with van der Waals surface area (Å²) in [6, 6.07) is 8.00. The van der Waals surface area contributed by atoms with Crippen LogP contribution in [0.2, 0.25) is 0 Å². The van der Waals surface area contributed by atoms with E-state index in [1.807, 2.05) is 0 Å². The first-order valence-electron chi connectivity index (χ1n) is 5.07. The lowest BCUT2D eigenvalue weighted by Gasteiger charge is -2.14. The third kappa shape index (κ3) is 4.72. The van der Waals surface area contributed by atoms with E-state index < -0.39 is 23.4 Å². The largest absolute Gasteiger partial charge is 0.573 e. The maximum atomic E-state index is 12.3. The minimum Gasteiger partial charge on any atom is -0.404 e. The molecule has 0 aliphatic carbocycles. The van der Waals surface area contributed by atoms with E-state index in [-0.39, 0.29) is 5.69 Å². The van der Waals surface area contributed by atoms with Crippen LogP contribution in [0.15, 0.2) is 33.9 Å². The molecule has 5 nitrogen and oxygen atoms in total. The van der Waals surface area contributed by atoms with Crippen LogP contribution in [0.25, 0.3) is 0 Å². The van der Waals surface area contributed by atoms with E-state index in [9.17, 15) is 13.2 Å². The average Bonchev–Trinajstić information content (AvgIpc) is 2.40. The molecule has 0 aliphatic rings. The van der Waals surface area contributed by atoms with Crippen LogP contribution in [0.4, 0.5) is 18.9 Å². The number of nitrogens with zero attached hydrogens (tertiary/aromatic N) is 3. The molecule has 0 heterocycles. The molecule has 0 atom stereocenters. The average molecular weight is 357 g/mol. The normalized spacial score (nSPS) is 9.76. The van der Waals surface area contributed by atoms with E-state index in [2.05, 4.69) is 26.0 Å². The lowest BCUT2D eigenvalue weighted by molar-refractivity contribution is -0.274. The fourth-order valence-corrected chi connectivity index (χ4v) is 1.59. The van der Waals surface area contributed by atoms with Gasteiger partial charge in [-0.15, -0.1) is 13.2 Å². The number of ether oxygens (including phenoxy) is 1. The van der Waals surface area contributed by atoms with Crippen molar-refractivity contribution < 1.29 is 17.9 Å². The zero-order valence-corrected chi connectivity index (χ0v) is 11.6. The Morgan fingerprint density at radius 3 is 2.24 bits per heavy atom. The second-order valence-electron chi connectivity index (χ2n) is 3.40. The molecule has 1 aromatic carbocycles. The molecule has 21 heavy (non-hydrogen) atoms. The topological polar surface area (TPSA) is 92.6 Å². The molecule has 0 saturated carbocycles. The van der Waals surface area contributed by atoms with E-state index in [1.165, 1.54) is 30.3 Å². The van der Waals surface area contributed by atoms with Crippen molar-refractivity contribution in [2.24, 2.45) is 0 Å². The molecule has 1 rings (SSSR count). The van der Waals surface area contributed by atoms with Crippen LogP contribution in [0.1, 0.15) is 0 Å². The van der Waals surface area contributed by atoms with Gasteiger partial charge in [0.25, 0.3) is 0 Å². The molecule has 0 fully saturated rings. The summed E-state index contributed by atoms with van der Waals surface area (Å²) in [5, 5.41) is 28.5. The number of benzene rings is 1. The molecule has 1 aromatic rings. The van der Waals surface area contributed by atoms with Gasteiger partial charge in [-0.2, -0.15) is 15.8 Å². The van der Waals surface area contributed by atoms with Crippen molar-refractivity contribution in [3.8, 4) is 24.0 Å². The minimum absolute atomic E-state index is 0.221. The van der Waals surface area contributed by atoms with Crippen LogP contribution in [-0.4, -0.2) is 6.36 Å². The Labute approximate surface area is 125 Å². The van der Waals surface area contributed by atoms with Gasteiger partial charge in [-0.25, -0.2) is 0 Å². The number of allylic oxidation sites excluding steroid dienone is 2. The Balaban J connectivity index is 3.28. The summed E-state index contributed by atoms with van der Waals surface area (Å²) in [7, 11) is 0. The summed E-state index contributed by atoms with van der Waals surface area (Å²) < 4.78 is 41.1. The third-order valence-corrected chi connectivity index (χ3v) is 2.51. The number of anilines is 1. The van der Waals surface area contributed by atoms with Gasteiger partial charge >= 0.3 is 6.36 Å². The minimum atomic E-state index is -4.92. The Kier molecular flexibility index (Phi) is 5.18. The van der Waals surface area contributed by atoms with Crippen molar-refractivity contribution in [3.63, 3.8) is 0 Å². The summed E-state index contributed by atoms with van der Waals surface area (Å²) in [6.45, 7) is 0. The predicted molar refractivity (Wildman–Crippen MR) is 68.3 cm³/mol. The number of alkyl halides is 3. The lowest BCUT2D eigenvalue weighted by atomic mass is 10.2. The number of halogens is 4. The molecular formula is C12H4BrF3N4O. The summed E-state index contributed by atoms with van der Waals surface area (Å²) in [5.41, 5.74) is -1.26. The Hall–Kier alpha value is -2.70. The summed E-state index contributed by atoms with van der Waals surface area (Å²) in [5.74, 6) is -0.603. The van der Waals surface area contributed by atoms with E-state index in [0.717, 1.165) is 6.07 Å². The standard InChI is InChI=1S/C12H4BrF3N4O/c13-8-1-2-11(21-12(14,15)16)9(3-8)20-10(6-19)7(4-17)5-18/h1-3,20H. The molecule has 0 unspecified atom stereocenters. The maximum absolute atomic E-state index is 12.3. The van der Waals surface area contributed by atoms with Gasteiger partial charge in [0.05, 0.1) is 5.69 Å². The lowest BCUT2D eigenvalue weighted by Crippen LogP contribution is -2.18. The molecule has 0 spiro atoms. The van der Waals surface area contributed by atoms with Crippen LogP contribution >= 0.6 is 15.9 Å². The first-order chi connectivity index (χ1) is 9.80. The quantitative estimate of drug-likeness (QED) is 0.835. The van der Waals surface area contributed by atoms with Crippen molar-refractivity contribution in [2.75, 3.05) is 5.32 Å². The number of nitriles is 3. The van der Waals surface area contributed by atoms with Crippen molar-refractivity contribution in [1.82, 2.24) is 0 Å². The third-order valence-electron chi connectivity index (χ3n) is 2.01. The molecule has 0 aliphatic heterocycles. The summed E-state index contributed by atoms with van der Waals surface area (Å²) in [4.78, 5) is 0. The van der Waals surface area contributed by atoms with Crippen molar-refractivity contribution in [1.29, 1.82) is 15.8 Å². The fraction of sp³-hybridized carbons (Fsp3) is 0.0833. The maximum Gasteiger partial charge on any atom is 0.573 e. The highest BCUT2D eigenvalue weighted by Gasteiger charge is 2.32. The van der Waals surface area contributed by atoms with Crippen molar-refractivity contribution in [3.05, 3.63) is 33.9 Å². The molecule has 0 saturated heterocycles. The van der Waals surface area contributed by atoms with E-state index in [0.29, 0.717) is 4.47 Å². The Morgan fingerprint density at radius 2 is 1.76 bits per heavy atom. The van der Waals surface area contributed by atoms with Gasteiger partial charge < -0.3 is 10.1 Å². The first kappa shape index (κ1) is 16.4. The van der Waals surface area contributed by atoms with Gasteiger partial charge in [0.2, 0.25) is 0 Å². The second-order valence-corrected chi connectivity index (χ2v) is 4.31. The van der Waals surface area contributed by atoms with Crippen LogP contribution in [-0.2, 0) is 0 Å². The SMILES string of the molecule is N#CC(C#N)=C(C#N)Nc1cc(Br)ccc1OC(F)(F)F. The Bertz CT molecular complexity index is 691. The van der Waals surface area contributed by atoms with Gasteiger partial charge in [0.1, 0.15) is 23.9 Å². The van der Waals surface area contributed by atoms with E-state index in [1.54, 1.807) is 0 Å². The second kappa shape index (κ2) is 6.65. The number of rotatable bonds is 3. The van der Waals surface area contributed by atoms with E-state index in [4.69, 9.17) is 15.8 Å². The van der Waals surface area contributed by atoms with Gasteiger partial charge in [0, 0.05) is 4.47 Å². The zero-order chi connectivity index (χ0) is 16.0. The number of hydrogen-bond donors (Lipinski definition) is 1. The van der Waals surface area contributed by atoms with E-state index >= 15 is 0 Å². The van der Waals surface area contributed by atoms with Crippen LogP contribution in [0, 0.1) is 34.0 Å². The van der Waals surface area contributed by atoms with Crippen molar-refractivity contribution >= 4 is 21.6 Å². The fourth-order valence-electron chi connectivity index (χ4n) is 1.23. The molecule has 106 valence electrons. The number of hydrogen-bond acceptors (Lipinski definition) is 5. The predicted octanol–water partition coefficient (Wildman–Crippen LogP) is 3.58. The highest BCUT2D eigenvalue weighted by atomic mass is 79.9. The molecule has 0 aromatic heterocycles. The van der Waals surface area contributed by atoms with Crippen LogP contribution in [0.5, 0.6) is 5.75 Å². The monoisotopic (exact) mass is 356 g/mol. The zero-order valence-electron chi connectivity index (χ0n) is 9.99. The van der Waals surface area contributed by atoms with Gasteiger partial charge in [-0.3, -0.25) is 0 Å². The van der Waals surface area contributed by atoms with Gasteiger partial charge in [-0.1, -0.05) is 15.9 Å². The Morgan fingerprint density at radius 1 is 1.14 bits per heavy atom. The highest BCUT2D eigenvalue weighted by Crippen LogP contribution is 2.33. The molecular weight excluding hydrogens is 353 g/mol. The van der Waals surface area contributed by atoms with Crippen LogP contribution in [0.3, 0.4) is 0 Å². The van der Waals surface area contributed by atoms with Crippen molar-refractivity contribution in [2.45, 2.75) is 6.36 Å². The van der Waals surface area contributed by atoms with Crippen LogP contribution < -0.4 is 10.1 Å². The molecule has 0 bridgehead atoms. The smallest absolute Gasteiger partial charge is 0.404 e. The summed E-state index contributed by atoms with van der Waals surface area (Å²) >= 11 is 3.05.